The van der Waals surface area contributed by atoms with E-state index in [2.05, 4.69) is 0 Å². The number of nitrogens with zero attached hydrogens (tertiary/aromatic N) is 1. The first-order valence-corrected chi connectivity index (χ1v) is 11.0. The van der Waals surface area contributed by atoms with Gasteiger partial charge in [-0.3, -0.25) is 19.1 Å². The summed E-state index contributed by atoms with van der Waals surface area (Å²) in [5, 5.41) is 9.19. The van der Waals surface area contributed by atoms with Crippen LogP contribution in [0.5, 0.6) is 11.5 Å². The number of amides is 1. The quantitative estimate of drug-likeness (QED) is 0.417. The van der Waals surface area contributed by atoms with Crippen LogP contribution in [-0.2, 0) is 9.53 Å². The normalized spacial score (nSPS) is 24.9. The molecule has 2 fully saturated rings. The largest absolute Gasteiger partial charge is 0.457 e. The highest BCUT2D eigenvalue weighted by Gasteiger charge is 2.49. The fourth-order valence-corrected chi connectivity index (χ4v) is 5.77. The summed E-state index contributed by atoms with van der Waals surface area (Å²) in [6.45, 7) is 0.725. The van der Waals surface area contributed by atoms with Gasteiger partial charge in [0.25, 0.3) is 5.91 Å². The Hall–Kier alpha value is -2.21. The molecule has 30 heavy (non-hydrogen) atoms. The van der Waals surface area contributed by atoms with Crippen LogP contribution in [0.25, 0.3) is 0 Å². The minimum atomic E-state index is -3.50. The molecule has 162 valence electrons. The minimum Gasteiger partial charge on any atom is -0.457 e. The third-order valence-electron chi connectivity index (χ3n) is 5.51. The van der Waals surface area contributed by atoms with Crippen LogP contribution < -0.4 is 10.2 Å². The monoisotopic (exact) mass is 438 g/mol. The van der Waals surface area contributed by atoms with Gasteiger partial charge >= 0.3 is 0 Å². The number of rotatable bonds is 5. The molecule has 0 aromatic heterocycles. The second kappa shape index (κ2) is 8.50. The predicted molar refractivity (Wildman–Crippen MR) is 107 cm³/mol. The van der Waals surface area contributed by atoms with Crippen molar-refractivity contribution in [3.63, 3.8) is 0 Å². The molecule has 4 rings (SSSR count). The fraction of sp³-hybridized carbons (Fsp3) is 0.350. The van der Waals surface area contributed by atoms with Gasteiger partial charge in [-0.25, -0.2) is 9.87 Å². The van der Waals surface area contributed by atoms with Gasteiger partial charge in [-0.15, -0.1) is 10.8 Å². The van der Waals surface area contributed by atoms with E-state index in [1.54, 1.807) is 17.6 Å². The van der Waals surface area contributed by atoms with Crippen molar-refractivity contribution in [3.8, 4) is 11.5 Å². The molecule has 0 radical (unpaired) electrons. The second-order valence-corrected chi connectivity index (χ2v) is 9.24. The average Bonchev–Trinajstić information content (AvgIpc) is 3.23. The minimum absolute atomic E-state index is 0.148. The standard InChI is InChI=1S/C20H23FN2O6S/c21-13-1-3-14(4-2-13)29-15-5-7-16(8-6-15)30(26,27)23-11-9-18-17(10-12-28-18)19(23)20(24)22-25/h1-8,17-19,25-27H,9-12H2,(H,22,24)/t17-,18-,19+/m0/s1. The van der Waals surface area contributed by atoms with E-state index in [1.807, 2.05) is 0 Å². The molecule has 0 spiro atoms. The molecule has 10 heteroatoms. The van der Waals surface area contributed by atoms with E-state index in [9.17, 15) is 23.5 Å². The van der Waals surface area contributed by atoms with Gasteiger partial charge in [0.2, 0.25) is 0 Å². The molecule has 2 aliphatic heterocycles. The molecule has 2 heterocycles. The Morgan fingerprint density at radius 1 is 1.10 bits per heavy atom. The van der Waals surface area contributed by atoms with Gasteiger partial charge in [-0.1, -0.05) is 0 Å². The van der Waals surface area contributed by atoms with Gasteiger partial charge < -0.3 is 9.47 Å². The van der Waals surface area contributed by atoms with Crippen molar-refractivity contribution in [2.75, 3.05) is 13.2 Å². The van der Waals surface area contributed by atoms with Crippen molar-refractivity contribution in [3.05, 3.63) is 54.3 Å². The Bertz CT molecular complexity index is 895. The van der Waals surface area contributed by atoms with Crippen LogP contribution in [-0.4, -0.2) is 49.8 Å². The summed E-state index contributed by atoms with van der Waals surface area (Å²) in [4.78, 5) is 12.6. The number of nitrogens with one attached hydrogen (secondary N) is 1. The Kier molecular flexibility index (Phi) is 5.96. The lowest BCUT2D eigenvalue weighted by atomic mass is 9.87. The van der Waals surface area contributed by atoms with Crippen molar-refractivity contribution in [2.45, 2.75) is 29.9 Å². The molecule has 4 N–H and O–H groups in total. The van der Waals surface area contributed by atoms with E-state index >= 15 is 0 Å². The van der Waals surface area contributed by atoms with E-state index in [1.165, 1.54) is 40.7 Å². The first kappa shape index (κ1) is 21.0. The summed E-state index contributed by atoms with van der Waals surface area (Å²) >= 11 is 0. The van der Waals surface area contributed by atoms with E-state index in [0.29, 0.717) is 30.9 Å². The third-order valence-corrected chi connectivity index (χ3v) is 7.47. The number of halogens is 1. The maximum absolute atomic E-state index is 13.0. The number of hydrogen-bond acceptors (Lipinski definition) is 7. The van der Waals surface area contributed by atoms with Gasteiger partial charge in [0.05, 0.1) is 11.0 Å². The molecule has 2 aromatic carbocycles. The number of fused-ring (bicyclic) bond motifs is 1. The second-order valence-electron chi connectivity index (χ2n) is 7.26. The Morgan fingerprint density at radius 2 is 1.73 bits per heavy atom. The lowest BCUT2D eigenvalue weighted by Crippen LogP contribution is -2.56. The molecule has 0 saturated carbocycles. The van der Waals surface area contributed by atoms with Crippen molar-refractivity contribution < 1.29 is 33.0 Å². The van der Waals surface area contributed by atoms with E-state index in [0.717, 1.165) is 0 Å². The zero-order chi connectivity index (χ0) is 21.3. The number of ether oxygens (including phenoxy) is 2. The van der Waals surface area contributed by atoms with Crippen LogP contribution in [0, 0.1) is 11.7 Å². The highest BCUT2D eigenvalue weighted by Crippen LogP contribution is 2.56. The van der Waals surface area contributed by atoms with Gasteiger partial charge in [-0.05, 0) is 61.4 Å². The van der Waals surface area contributed by atoms with Crippen molar-refractivity contribution in [2.24, 2.45) is 5.92 Å². The van der Waals surface area contributed by atoms with Gasteiger partial charge in [0.1, 0.15) is 23.4 Å². The van der Waals surface area contributed by atoms with Crippen molar-refractivity contribution >= 4 is 16.7 Å². The molecule has 2 aliphatic rings. The predicted octanol–water partition coefficient (Wildman–Crippen LogP) is 3.63. The molecular weight excluding hydrogens is 415 g/mol. The van der Waals surface area contributed by atoms with Crippen LogP contribution in [0.15, 0.2) is 53.4 Å². The fourth-order valence-electron chi connectivity index (χ4n) is 4.07. The van der Waals surface area contributed by atoms with Crippen molar-refractivity contribution in [1.29, 1.82) is 0 Å². The first-order valence-electron chi connectivity index (χ1n) is 9.54. The summed E-state index contributed by atoms with van der Waals surface area (Å²) in [5.41, 5.74) is 1.65. The van der Waals surface area contributed by atoms with Gasteiger partial charge in [0.15, 0.2) is 0 Å². The molecular formula is C20H23FN2O6S. The zero-order valence-corrected chi connectivity index (χ0v) is 16.8. The summed E-state index contributed by atoms with van der Waals surface area (Å²) in [6.07, 6.45) is 1.01. The van der Waals surface area contributed by atoms with E-state index < -0.39 is 22.7 Å². The van der Waals surface area contributed by atoms with Crippen molar-refractivity contribution in [1.82, 2.24) is 9.79 Å². The Labute approximate surface area is 174 Å². The maximum Gasteiger partial charge on any atom is 0.262 e. The average molecular weight is 438 g/mol. The number of carbonyl (C=O) groups excluding carboxylic acids is 1. The number of hydroxylamine groups is 1. The van der Waals surface area contributed by atoms with Crippen LogP contribution in [0.3, 0.4) is 0 Å². The SMILES string of the molecule is O=C(NO)[C@H]1[C@H]2CCO[C@H]2CCN1S(O)(O)c1ccc(Oc2ccc(F)cc2)cc1. The highest BCUT2D eigenvalue weighted by molar-refractivity contribution is 8.22. The lowest BCUT2D eigenvalue weighted by Gasteiger charge is -2.50. The molecule has 0 bridgehead atoms. The van der Waals surface area contributed by atoms with Crippen LogP contribution >= 0.6 is 10.8 Å². The van der Waals surface area contributed by atoms with Gasteiger partial charge in [-0.2, -0.15) is 4.31 Å². The van der Waals surface area contributed by atoms with E-state index in [4.69, 9.17) is 9.47 Å². The van der Waals surface area contributed by atoms with Crippen LogP contribution in [0.2, 0.25) is 0 Å². The summed E-state index contributed by atoms with van der Waals surface area (Å²) in [5.74, 6) is -0.416. The number of benzene rings is 2. The Balaban J connectivity index is 1.55. The molecule has 2 saturated heterocycles. The molecule has 0 aliphatic carbocycles. The molecule has 0 unspecified atom stereocenters. The highest BCUT2D eigenvalue weighted by atomic mass is 32.3. The Morgan fingerprint density at radius 3 is 2.37 bits per heavy atom. The smallest absolute Gasteiger partial charge is 0.262 e. The van der Waals surface area contributed by atoms with Crippen LogP contribution in [0.1, 0.15) is 12.8 Å². The van der Waals surface area contributed by atoms with E-state index in [-0.39, 0.29) is 29.3 Å². The number of piperidine rings is 1. The first-order chi connectivity index (χ1) is 14.4. The molecule has 8 nitrogen and oxygen atoms in total. The number of carbonyl (C=O) groups is 1. The lowest BCUT2D eigenvalue weighted by molar-refractivity contribution is -0.137. The van der Waals surface area contributed by atoms with Crippen LogP contribution in [0.4, 0.5) is 4.39 Å². The number of hydrogen-bond donors (Lipinski definition) is 4. The summed E-state index contributed by atoms with van der Waals surface area (Å²) < 4.78 is 47.7. The molecule has 1 amide bonds. The molecule has 3 atom stereocenters. The summed E-state index contributed by atoms with van der Waals surface area (Å²) in [6, 6.07) is 10.8. The summed E-state index contributed by atoms with van der Waals surface area (Å²) in [7, 11) is -3.50. The zero-order valence-electron chi connectivity index (χ0n) is 16.0. The third kappa shape index (κ3) is 4.02. The topological polar surface area (TPSA) is 111 Å². The maximum atomic E-state index is 13.0. The van der Waals surface area contributed by atoms with Gasteiger partial charge in [0, 0.05) is 19.1 Å². The molecule has 2 aromatic rings.